The van der Waals surface area contributed by atoms with Gasteiger partial charge < -0.3 is 9.47 Å². The molecule has 2 aromatic rings. The number of nitrogens with zero attached hydrogens (tertiary/aromatic N) is 4. The maximum atomic E-state index is 12.9. The minimum absolute atomic E-state index is 0.168. The zero-order valence-corrected chi connectivity index (χ0v) is 20.6. The largest absolute Gasteiger partial charge is 0.339 e. The minimum Gasteiger partial charge on any atom is -0.339 e. The van der Waals surface area contributed by atoms with Gasteiger partial charge in [-0.15, -0.1) is 0 Å². The number of aryl methyl sites for hydroxylation is 1. The van der Waals surface area contributed by atoms with Crippen molar-refractivity contribution in [2.75, 3.05) is 26.4 Å². The van der Waals surface area contributed by atoms with Crippen LogP contribution in [-0.4, -0.2) is 65.5 Å². The van der Waals surface area contributed by atoms with E-state index in [0.29, 0.717) is 17.3 Å². The molecule has 1 fully saturated rings. The number of carbonyl (C=O) groups excluding carboxylic acids is 1. The monoisotopic (exact) mass is 466 g/mol. The average Bonchev–Trinajstić information content (AvgIpc) is 3.12. The van der Waals surface area contributed by atoms with Crippen LogP contribution < -0.4 is 0 Å². The van der Waals surface area contributed by atoms with Crippen LogP contribution in [0, 0.1) is 0 Å². The molecular weight excluding hydrogens is 432 g/mol. The van der Waals surface area contributed by atoms with Gasteiger partial charge >= 0.3 is 0 Å². The molecule has 3 rings (SSSR count). The number of unbranched alkanes of at least 4 members (excludes halogenated alkanes) is 1. The Balaban J connectivity index is 1.86. The third-order valence-corrected chi connectivity index (χ3v) is 8.71. The highest BCUT2D eigenvalue weighted by atomic mass is 32.2. The van der Waals surface area contributed by atoms with Gasteiger partial charge in [0.25, 0.3) is 0 Å². The van der Waals surface area contributed by atoms with Gasteiger partial charge in [0, 0.05) is 33.2 Å². The Morgan fingerprint density at radius 2 is 2.03 bits per heavy atom. The molecule has 1 aliphatic rings. The van der Waals surface area contributed by atoms with Gasteiger partial charge in [0.05, 0.1) is 21.7 Å². The van der Waals surface area contributed by atoms with Crippen molar-refractivity contribution in [3.63, 3.8) is 0 Å². The first-order valence-electron chi connectivity index (χ1n) is 11.1. The fourth-order valence-electron chi connectivity index (χ4n) is 4.06. The zero-order valence-electron chi connectivity index (χ0n) is 19.0. The molecule has 0 radical (unpaired) electrons. The second-order valence-electron chi connectivity index (χ2n) is 8.27. The fourth-order valence-corrected chi connectivity index (χ4v) is 5.91. The van der Waals surface area contributed by atoms with Crippen molar-refractivity contribution in [2.45, 2.75) is 75.0 Å². The second kappa shape index (κ2) is 10.4. The standard InChI is InChI=1S/C22H34N4O3S2/c1-5-7-13-26-20-12-11-18(31(28,29)24(3)4)15-19(20)23-22(26)30-16-21(27)25-14-9-8-10-17(25)6-2/h11-12,15,17H,5-10,13-14,16H2,1-4H3/t17-/m0/s1. The molecule has 1 aromatic heterocycles. The predicted molar refractivity (Wildman–Crippen MR) is 126 cm³/mol. The molecule has 1 aliphatic heterocycles. The van der Waals surface area contributed by atoms with Crippen molar-refractivity contribution in [3.8, 4) is 0 Å². The normalized spacial score (nSPS) is 17.6. The lowest BCUT2D eigenvalue weighted by molar-refractivity contribution is -0.132. The van der Waals surface area contributed by atoms with E-state index in [9.17, 15) is 13.2 Å². The molecule has 0 unspecified atom stereocenters. The third-order valence-electron chi connectivity index (χ3n) is 5.94. The Morgan fingerprint density at radius 3 is 2.71 bits per heavy atom. The molecule has 1 amide bonds. The Morgan fingerprint density at radius 1 is 1.26 bits per heavy atom. The van der Waals surface area contributed by atoms with Crippen molar-refractivity contribution in [2.24, 2.45) is 0 Å². The van der Waals surface area contributed by atoms with Crippen LogP contribution in [0.5, 0.6) is 0 Å². The fraction of sp³-hybridized carbons (Fsp3) is 0.636. The van der Waals surface area contributed by atoms with Crippen molar-refractivity contribution in [1.29, 1.82) is 0 Å². The highest BCUT2D eigenvalue weighted by molar-refractivity contribution is 7.99. The highest BCUT2D eigenvalue weighted by Gasteiger charge is 2.26. The molecule has 0 N–H and O–H groups in total. The number of piperidine rings is 1. The lowest BCUT2D eigenvalue weighted by Crippen LogP contribution is -2.44. The molecular formula is C22H34N4O3S2. The number of carbonyl (C=O) groups is 1. The number of thioether (sulfide) groups is 1. The second-order valence-corrected chi connectivity index (χ2v) is 11.4. The molecule has 9 heteroatoms. The van der Waals surface area contributed by atoms with E-state index in [-0.39, 0.29) is 10.8 Å². The quantitative estimate of drug-likeness (QED) is 0.523. The van der Waals surface area contributed by atoms with E-state index in [1.54, 1.807) is 12.1 Å². The van der Waals surface area contributed by atoms with E-state index in [0.717, 1.165) is 55.9 Å². The van der Waals surface area contributed by atoms with Crippen LogP contribution in [0.4, 0.5) is 0 Å². The van der Waals surface area contributed by atoms with Gasteiger partial charge in [-0.05, 0) is 50.3 Å². The van der Waals surface area contributed by atoms with Crippen LogP contribution in [-0.2, 0) is 21.4 Å². The number of hydrogen-bond acceptors (Lipinski definition) is 5. The molecule has 1 aromatic carbocycles. The van der Waals surface area contributed by atoms with Gasteiger partial charge in [-0.2, -0.15) is 0 Å². The first kappa shape index (κ1) is 24.1. The van der Waals surface area contributed by atoms with E-state index < -0.39 is 10.0 Å². The number of aromatic nitrogens is 2. The Labute approximate surface area is 190 Å². The number of likely N-dealkylation sites (tertiary alicyclic amines) is 1. The predicted octanol–water partition coefficient (Wildman–Crippen LogP) is 3.97. The molecule has 1 saturated heterocycles. The first-order valence-corrected chi connectivity index (χ1v) is 13.6. The molecule has 0 aliphatic carbocycles. The number of sulfonamides is 1. The number of benzene rings is 1. The summed E-state index contributed by atoms with van der Waals surface area (Å²) in [6.07, 6.45) is 6.39. The van der Waals surface area contributed by atoms with Crippen molar-refractivity contribution >= 4 is 38.7 Å². The summed E-state index contributed by atoms with van der Waals surface area (Å²) in [7, 11) is -0.473. The summed E-state index contributed by atoms with van der Waals surface area (Å²) in [4.78, 5) is 19.9. The van der Waals surface area contributed by atoms with Gasteiger partial charge in [-0.1, -0.05) is 32.0 Å². The Bertz CT molecular complexity index is 1020. The molecule has 172 valence electrons. The van der Waals surface area contributed by atoms with Crippen molar-refractivity contribution in [3.05, 3.63) is 18.2 Å². The average molecular weight is 467 g/mol. The summed E-state index contributed by atoms with van der Waals surface area (Å²) in [6.45, 7) is 5.92. The minimum atomic E-state index is -3.52. The summed E-state index contributed by atoms with van der Waals surface area (Å²) in [5.74, 6) is 0.524. The van der Waals surface area contributed by atoms with Gasteiger partial charge in [0.1, 0.15) is 0 Å². The molecule has 31 heavy (non-hydrogen) atoms. The van der Waals surface area contributed by atoms with Crippen molar-refractivity contribution in [1.82, 2.24) is 18.8 Å². The summed E-state index contributed by atoms with van der Waals surface area (Å²) >= 11 is 1.46. The summed E-state index contributed by atoms with van der Waals surface area (Å²) in [6, 6.07) is 5.45. The summed E-state index contributed by atoms with van der Waals surface area (Å²) in [5.41, 5.74) is 1.56. The van der Waals surface area contributed by atoms with Gasteiger partial charge in [-0.25, -0.2) is 17.7 Å². The molecule has 0 bridgehead atoms. The molecule has 0 saturated carbocycles. The summed E-state index contributed by atoms with van der Waals surface area (Å²) in [5, 5.41) is 0.779. The van der Waals surface area contributed by atoms with Gasteiger partial charge in [0.15, 0.2) is 5.16 Å². The maximum absolute atomic E-state index is 12.9. The number of amides is 1. The lowest BCUT2D eigenvalue weighted by Gasteiger charge is -2.35. The van der Waals surface area contributed by atoms with E-state index in [2.05, 4.69) is 18.4 Å². The van der Waals surface area contributed by atoms with Crippen LogP contribution >= 0.6 is 11.8 Å². The van der Waals surface area contributed by atoms with Gasteiger partial charge in [0.2, 0.25) is 15.9 Å². The Kier molecular flexibility index (Phi) is 8.04. The summed E-state index contributed by atoms with van der Waals surface area (Å²) < 4.78 is 28.4. The zero-order chi connectivity index (χ0) is 22.6. The maximum Gasteiger partial charge on any atom is 0.242 e. The van der Waals surface area contributed by atoms with Crippen LogP contribution in [0.3, 0.4) is 0 Å². The highest BCUT2D eigenvalue weighted by Crippen LogP contribution is 2.28. The lowest BCUT2D eigenvalue weighted by atomic mass is 10.0. The van der Waals surface area contributed by atoms with Crippen LogP contribution in [0.15, 0.2) is 28.3 Å². The number of fused-ring (bicyclic) bond motifs is 1. The molecule has 0 spiro atoms. The van der Waals surface area contributed by atoms with Crippen molar-refractivity contribution < 1.29 is 13.2 Å². The van der Waals surface area contributed by atoms with E-state index in [1.807, 2.05) is 11.0 Å². The third kappa shape index (κ3) is 5.26. The molecule has 7 nitrogen and oxygen atoms in total. The van der Waals surface area contributed by atoms with Crippen LogP contribution in [0.25, 0.3) is 11.0 Å². The topological polar surface area (TPSA) is 75.5 Å². The Hall–Kier alpha value is -1.58. The number of rotatable bonds is 9. The van der Waals surface area contributed by atoms with E-state index in [1.165, 1.54) is 36.6 Å². The SMILES string of the molecule is CCCCn1c(SCC(=O)N2CCCC[C@@H]2CC)nc2cc(S(=O)(=O)N(C)C)ccc21. The molecule has 1 atom stereocenters. The van der Waals surface area contributed by atoms with E-state index in [4.69, 9.17) is 4.98 Å². The van der Waals surface area contributed by atoms with Crippen LogP contribution in [0.1, 0.15) is 52.4 Å². The van der Waals surface area contributed by atoms with E-state index >= 15 is 0 Å². The van der Waals surface area contributed by atoms with Gasteiger partial charge in [-0.3, -0.25) is 4.79 Å². The van der Waals surface area contributed by atoms with Crippen LogP contribution in [0.2, 0.25) is 0 Å². The first-order chi connectivity index (χ1) is 14.8. The molecule has 2 heterocycles. The number of imidazole rings is 1. The smallest absolute Gasteiger partial charge is 0.242 e. The number of hydrogen-bond donors (Lipinski definition) is 0.